The first-order valence-corrected chi connectivity index (χ1v) is 8.95. The van der Waals surface area contributed by atoms with Gasteiger partial charge in [0.25, 0.3) is 5.91 Å². The first kappa shape index (κ1) is 17.5. The van der Waals surface area contributed by atoms with Gasteiger partial charge in [-0.05, 0) is 45.1 Å². The van der Waals surface area contributed by atoms with E-state index in [1.165, 1.54) is 0 Å². The van der Waals surface area contributed by atoms with Crippen LogP contribution in [0.5, 0.6) is 0 Å². The molecule has 1 atom stereocenters. The van der Waals surface area contributed by atoms with E-state index in [9.17, 15) is 9.59 Å². The molecule has 6 nitrogen and oxygen atoms in total. The summed E-state index contributed by atoms with van der Waals surface area (Å²) in [7, 11) is 1.89. The van der Waals surface area contributed by atoms with E-state index in [-0.39, 0.29) is 17.7 Å². The summed E-state index contributed by atoms with van der Waals surface area (Å²) in [5, 5.41) is 4.26. The molecule has 0 spiro atoms. The van der Waals surface area contributed by atoms with Crippen LogP contribution in [-0.4, -0.2) is 37.9 Å². The molecule has 0 aromatic carbocycles. The summed E-state index contributed by atoms with van der Waals surface area (Å²) in [4.78, 5) is 30.4. The molecule has 1 aliphatic heterocycles. The Labute approximate surface area is 148 Å². The van der Waals surface area contributed by atoms with Crippen LogP contribution in [0.15, 0.2) is 12.4 Å². The maximum absolute atomic E-state index is 13.3. The number of hydrogen-bond donors (Lipinski definition) is 1. The molecule has 3 rings (SSSR count). The van der Waals surface area contributed by atoms with Crippen molar-refractivity contribution in [1.82, 2.24) is 19.7 Å². The zero-order valence-corrected chi connectivity index (χ0v) is 15.4. The number of carbonyl (C=O) groups is 2. The second-order valence-corrected chi connectivity index (χ2v) is 6.85. The average molecular weight is 342 g/mol. The van der Waals surface area contributed by atoms with E-state index in [0.717, 1.165) is 42.6 Å². The highest BCUT2D eigenvalue weighted by Crippen LogP contribution is 2.33. The minimum absolute atomic E-state index is 0.00658. The van der Waals surface area contributed by atoms with Gasteiger partial charge in [-0.3, -0.25) is 14.3 Å². The maximum atomic E-state index is 13.3. The van der Waals surface area contributed by atoms with Crippen LogP contribution in [0.3, 0.4) is 0 Å². The number of hydrogen-bond acceptors (Lipinski definition) is 3. The highest BCUT2D eigenvalue weighted by atomic mass is 16.2. The highest BCUT2D eigenvalue weighted by molar-refractivity contribution is 6.02. The van der Waals surface area contributed by atoms with Crippen molar-refractivity contribution in [1.29, 1.82) is 0 Å². The molecule has 2 aromatic heterocycles. The second kappa shape index (κ2) is 6.86. The van der Waals surface area contributed by atoms with Crippen LogP contribution in [0.25, 0.3) is 0 Å². The van der Waals surface area contributed by atoms with E-state index < -0.39 is 0 Å². The number of aryl methyl sites for hydroxylation is 2. The Kier molecular flexibility index (Phi) is 4.79. The van der Waals surface area contributed by atoms with Gasteiger partial charge in [0.05, 0.1) is 12.2 Å². The predicted octanol–water partition coefficient (Wildman–Crippen LogP) is 3.19. The van der Waals surface area contributed by atoms with Crippen LogP contribution in [0, 0.1) is 6.92 Å². The Morgan fingerprint density at radius 3 is 2.72 bits per heavy atom. The molecule has 3 heterocycles. The van der Waals surface area contributed by atoms with E-state index in [1.807, 2.05) is 38.2 Å². The third kappa shape index (κ3) is 3.13. The minimum atomic E-state index is -0.0130. The largest absolute Gasteiger partial charge is 0.354 e. The number of aromatic amines is 1. The van der Waals surface area contributed by atoms with Gasteiger partial charge in [0, 0.05) is 36.6 Å². The summed E-state index contributed by atoms with van der Waals surface area (Å²) >= 11 is 0. The number of likely N-dealkylation sites (tertiary alicyclic amines) is 1. The fraction of sp³-hybridized carbons (Fsp3) is 0.526. The lowest BCUT2D eigenvalue weighted by Crippen LogP contribution is -2.39. The lowest BCUT2D eigenvalue weighted by Gasteiger charge is -2.35. The number of piperidine rings is 1. The summed E-state index contributed by atoms with van der Waals surface area (Å²) in [6.45, 7) is 6.14. The molecular weight excluding hydrogens is 316 g/mol. The van der Waals surface area contributed by atoms with Crippen LogP contribution < -0.4 is 0 Å². The molecule has 6 heteroatoms. The number of nitrogens with one attached hydrogen (secondary N) is 1. The van der Waals surface area contributed by atoms with Gasteiger partial charge in [-0.1, -0.05) is 6.92 Å². The molecule has 1 amide bonds. The molecule has 1 aliphatic rings. The second-order valence-electron chi connectivity index (χ2n) is 6.85. The summed E-state index contributed by atoms with van der Waals surface area (Å²) in [5.74, 6) is -0.00638. The smallest absolute Gasteiger partial charge is 0.271 e. The number of nitrogens with zero attached hydrogens (tertiary/aromatic N) is 3. The van der Waals surface area contributed by atoms with Crippen molar-refractivity contribution in [2.24, 2.45) is 7.05 Å². The van der Waals surface area contributed by atoms with Crippen LogP contribution >= 0.6 is 0 Å². The van der Waals surface area contributed by atoms with Gasteiger partial charge < -0.3 is 9.88 Å². The molecule has 0 bridgehead atoms. The van der Waals surface area contributed by atoms with Crippen LogP contribution in [0.1, 0.15) is 76.8 Å². The molecule has 1 unspecified atom stereocenters. The first-order chi connectivity index (χ1) is 11.9. The quantitative estimate of drug-likeness (QED) is 0.868. The molecule has 0 saturated carbocycles. The van der Waals surface area contributed by atoms with E-state index >= 15 is 0 Å². The van der Waals surface area contributed by atoms with Gasteiger partial charge in [0.1, 0.15) is 5.69 Å². The number of ketones is 1. The van der Waals surface area contributed by atoms with Crippen molar-refractivity contribution in [2.45, 2.75) is 52.5 Å². The van der Waals surface area contributed by atoms with E-state index in [2.05, 4.69) is 10.1 Å². The molecule has 134 valence electrons. The number of H-pyrrole nitrogens is 1. The Balaban J connectivity index is 1.98. The van der Waals surface area contributed by atoms with Crippen LogP contribution in [0.2, 0.25) is 0 Å². The normalized spacial score (nSPS) is 17.8. The third-order valence-corrected chi connectivity index (χ3v) is 5.08. The van der Waals surface area contributed by atoms with Gasteiger partial charge in [-0.2, -0.15) is 5.10 Å². The molecule has 1 fully saturated rings. The number of aromatic nitrogens is 3. The Morgan fingerprint density at radius 2 is 2.12 bits per heavy atom. The average Bonchev–Trinajstić information content (AvgIpc) is 3.17. The Hall–Kier alpha value is -2.37. The number of amides is 1. The number of carbonyl (C=O) groups excluding carboxylic acids is 2. The van der Waals surface area contributed by atoms with E-state index in [0.29, 0.717) is 17.7 Å². The Bertz CT molecular complexity index is 802. The monoisotopic (exact) mass is 342 g/mol. The Morgan fingerprint density at radius 1 is 1.36 bits per heavy atom. The number of rotatable bonds is 4. The lowest BCUT2D eigenvalue weighted by atomic mass is 9.96. The van der Waals surface area contributed by atoms with Gasteiger partial charge in [-0.25, -0.2) is 0 Å². The zero-order valence-electron chi connectivity index (χ0n) is 15.4. The summed E-state index contributed by atoms with van der Waals surface area (Å²) in [5.41, 5.74) is 3.93. The van der Waals surface area contributed by atoms with Crippen molar-refractivity contribution >= 4 is 11.7 Å². The van der Waals surface area contributed by atoms with Gasteiger partial charge in [-0.15, -0.1) is 0 Å². The van der Waals surface area contributed by atoms with Crippen molar-refractivity contribution < 1.29 is 9.59 Å². The fourth-order valence-electron chi connectivity index (χ4n) is 3.97. The summed E-state index contributed by atoms with van der Waals surface area (Å²) in [6, 6.07) is 0.0454. The predicted molar refractivity (Wildman–Crippen MR) is 95.7 cm³/mol. The molecule has 0 aliphatic carbocycles. The highest BCUT2D eigenvalue weighted by Gasteiger charge is 2.32. The van der Waals surface area contributed by atoms with E-state index in [1.54, 1.807) is 11.6 Å². The third-order valence-electron chi connectivity index (χ3n) is 5.08. The molecule has 0 radical (unpaired) electrons. The van der Waals surface area contributed by atoms with Gasteiger partial charge in [0.2, 0.25) is 0 Å². The fourth-order valence-corrected chi connectivity index (χ4v) is 3.97. The summed E-state index contributed by atoms with van der Waals surface area (Å²) in [6.07, 6.45) is 7.54. The van der Waals surface area contributed by atoms with Crippen molar-refractivity contribution in [3.05, 3.63) is 40.5 Å². The van der Waals surface area contributed by atoms with Crippen molar-refractivity contribution in [2.75, 3.05) is 6.54 Å². The summed E-state index contributed by atoms with van der Waals surface area (Å²) < 4.78 is 1.77. The molecule has 2 aromatic rings. The van der Waals surface area contributed by atoms with E-state index in [4.69, 9.17) is 0 Å². The standard InChI is InChI=1S/C19H26N4O2/c1-5-15-17(13(3)24)12(2)21-18(15)19(25)23-9-7-6-8-16(23)14-10-20-22(4)11-14/h10-11,16,21H,5-9H2,1-4H3. The van der Waals surface area contributed by atoms with Gasteiger partial charge >= 0.3 is 0 Å². The topological polar surface area (TPSA) is 71.0 Å². The van der Waals surface area contributed by atoms with Crippen LogP contribution in [-0.2, 0) is 13.5 Å². The molecule has 1 N–H and O–H groups in total. The van der Waals surface area contributed by atoms with Crippen LogP contribution in [0.4, 0.5) is 0 Å². The molecular formula is C19H26N4O2. The lowest BCUT2D eigenvalue weighted by molar-refractivity contribution is 0.0605. The van der Waals surface area contributed by atoms with Crippen molar-refractivity contribution in [3.8, 4) is 0 Å². The minimum Gasteiger partial charge on any atom is -0.354 e. The number of Topliss-reactive ketones (excluding diaryl/α,β-unsaturated/α-hetero) is 1. The first-order valence-electron chi connectivity index (χ1n) is 8.95. The van der Waals surface area contributed by atoms with Crippen molar-refractivity contribution in [3.63, 3.8) is 0 Å². The van der Waals surface area contributed by atoms with Gasteiger partial charge in [0.15, 0.2) is 5.78 Å². The SMILES string of the molecule is CCc1c(C(=O)N2CCCCC2c2cnn(C)c2)[nH]c(C)c1C(C)=O. The molecule has 1 saturated heterocycles. The zero-order chi connectivity index (χ0) is 18.1. The molecule has 25 heavy (non-hydrogen) atoms. The maximum Gasteiger partial charge on any atom is 0.271 e.